The van der Waals surface area contributed by atoms with Crippen LogP contribution in [0.1, 0.15) is 17.3 Å². The monoisotopic (exact) mass is 527 g/mol. The van der Waals surface area contributed by atoms with Crippen molar-refractivity contribution < 1.29 is 22.7 Å². The Bertz CT molecular complexity index is 1420. The summed E-state index contributed by atoms with van der Waals surface area (Å²) in [4.78, 5) is 17.5. The number of pyridine rings is 1. The van der Waals surface area contributed by atoms with Crippen LogP contribution in [0, 0.1) is 0 Å². The molecular weight excluding hydrogens is 502 g/mol. The van der Waals surface area contributed by atoms with E-state index in [0.29, 0.717) is 23.6 Å². The van der Waals surface area contributed by atoms with Crippen LogP contribution in [0.3, 0.4) is 0 Å². The molecular formula is C24H25N5O5S2. The van der Waals surface area contributed by atoms with Gasteiger partial charge in [-0.15, -0.1) is 16.4 Å². The van der Waals surface area contributed by atoms with E-state index in [2.05, 4.69) is 15.3 Å². The van der Waals surface area contributed by atoms with Crippen molar-refractivity contribution in [2.45, 2.75) is 23.2 Å². The van der Waals surface area contributed by atoms with Crippen LogP contribution in [-0.4, -0.2) is 59.9 Å². The zero-order valence-corrected chi connectivity index (χ0v) is 21.6. The highest BCUT2D eigenvalue weighted by molar-refractivity contribution is 7.91. The Morgan fingerprint density at radius 3 is 2.56 bits per heavy atom. The van der Waals surface area contributed by atoms with Crippen molar-refractivity contribution in [2.24, 2.45) is 0 Å². The van der Waals surface area contributed by atoms with Gasteiger partial charge in [0.1, 0.15) is 9.96 Å². The molecule has 0 amide bonds. The van der Waals surface area contributed by atoms with Crippen molar-refractivity contribution in [1.82, 2.24) is 24.3 Å². The van der Waals surface area contributed by atoms with Gasteiger partial charge in [-0.3, -0.25) is 4.98 Å². The number of ether oxygens (including phenoxy) is 2. The molecule has 0 saturated heterocycles. The molecule has 0 unspecified atom stereocenters. The number of sulfonamides is 1. The normalized spacial score (nSPS) is 12.4. The zero-order valence-electron chi connectivity index (χ0n) is 19.9. The SMILES string of the molecule is COC(=O)[C@H](Cc1ccc(OC)cc1)n1cc(CN(C)S(=O)(=O)c2ccc(-c3ccccn3)s2)nn1. The van der Waals surface area contributed by atoms with Gasteiger partial charge in [-0.25, -0.2) is 17.9 Å². The second kappa shape index (κ2) is 11.0. The zero-order chi connectivity index (χ0) is 25.7. The number of esters is 1. The number of methoxy groups -OCH3 is 2. The van der Waals surface area contributed by atoms with Crippen molar-refractivity contribution in [3.63, 3.8) is 0 Å². The van der Waals surface area contributed by atoms with Crippen molar-refractivity contribution >= 4 is 27.3 Å². The van der Waals surface area contributed by atoms with Gasteiger partial charge in [-0.1, -0.05) is 23.4 Å². The second-order valence-corrected chi connectivity index (χ2v) is 11.2. The first-order valence-corrected chi connectivity index (χ1v) is 13.2. The summed E-state index contributed by atoms with van der Waals surface area (Å²) in [5, 5.41) is 8.18. The van der Waals surface area contributed by atoms with E-state index in [4.69, 9.17) is 9.47 Å². The van der Waals surface area contributed by atoms with Crippen molar-refractivity contribution in [3.05, 3.63) is 78.2 Å². The van der Waals surface area contributed by atoms with Crippen LogP contribution in [0.2, 0.25) is 0 Å². The van der Waals surface area contributed by atoms with Gasteiger partial charge in [0.15, 0.2) is 6.04 Å². The molecule has 0 aliphatic carbocycles. The van der Waals surface area contributed by atoms with Crippen LogP contribution in [0.25, 0.3) is 10.6 Å². The quantitative estimate of drug-likeness (QED) is 0.289. The van der Waals surface area contributed by atoms with Gasteiger partial charge in [-0.2, -0.15) is 4.31 Å². The molecule has 1 atom stereocenters. The molecule has 4 rings (SSSR count). The summed E-state index contributed by atoms with van der Waals surface area (Å²) in [7, 11) is 0.597. The Morgan fingerprint density at radius 1 is 1.11 bits per heavy atom. The summed E-state index contributed by atoms with van der Waals surface area (Å²) in [6.45, 7) is -0.0183. The molecule has 0 saturated carbocycles. The van der Waals surface area contributed by atoms with Gasteiger partial charge in [0.25, 0.3) is 10.0 Å². The predicted octanol–water partition coefficient (Wildman–Crippen LogP) is 3.19. The number of nitrogens with zero attached hydrogens (tertiary/aromatic N) is 5. The highest BCUT2D eigenvalue weighted by atomic mass is 32.2. The number of aromatic nitrogens is 4. The molecule has 0 N–H and O–H groups in total. The van der Waals surface area contributed by atoms with Gasteiger partial charge >= 0.3 is 5.97 Å². The minimum absolute atomic E-state index is 0.0183. The van der Waals surface area contributed by atoms with E-state index in [9.17, 15) is 13.2 Å². The van der Waals surface area contributed by atoms with E-state index in [1.165, 1.54) is 23.1 Å². The molecule has 0 fully saturated rings. The number of hydrogen-bond acceptors (Lipinski definition) is 9. The first kappa shape index (κ1) is 25.5. The third-order valence-corrected chi connectivity index (χ3v) is 8.86. The molecule has 0 bridgehead atoms. The summed E-state index contributed by atoms with van der Waals surface area (Å²) >= 11 is 1.15. The number of carbonyl (C=O) groups excluding carboxylic acids is 1. The largest absolute Gasteiger partial charge is 0.497 e. The first-order valence-electron chi connectivity index (χ1n) is 10.9. The summed E-state index contributed by atoms with van der Waals surface area (Å²) in [6.07, 6.45) is 3.54. The van der Waals surface area contributed by atoms with Crippen LogP contribution in [0.5, 0.6) is 5.75 Å². The average molecular weight is 528 g/mol. The van der Waals surface area contributed by atoms with E-state index in [1.54, 1.807) is 49.8 Å². The van der Waals surface area contributed by atoms with Crippen LogP contribution in [0.15, 0.2) is 71.2 Å². The maximum Gasteiger partial charge on any atom is 0.331 e. The molecule has 3 heterocycles. The molecule has 10 nitrogen and oxygen atoms in total. The van der Waals surface area contributed by atoms with E-state index >= 15 is 0 Å². The Balaban J connectivity index is 1.49. The third-order valence-electron chi connectivity index (χ3n) is 5.49. The Morgan fingerprint density at radius 2 is 1.89 bits per heavy atom. The molecule has 1 aromatic carbocycles. The number of benzene rings is 1. The summed E-state index contributed by atoms with van der Waals surface area (Å²) in [5.41, 5.74) is 1.98. The Hall–Kier alpha value is -3.61. The number of hydrogen-bond donors (Lipinski definition) is 0. The van der Waals surface area contributed by atoms with Gasteiger partial charge in [0.05, 0.1) is 43.2 Å². The maximum atomic E-state index is 13.1. The molecule has 4 aromatic rings. The minimum Gasteiger partial charge on any atom is -0.497 e. The van der Waals surface area contributed by atoms with Crippen LogP contribution in [-0.2, 0) is 32.5 Å². The molecule has 188 valence electrons. The fraction of sp³-hybridized carbons (Fsp3) is 0.250. The van der Waals surface area contributed by atoms with Crippen molar-refractivity contribution in [1.29, 1.82) is 0 Å². The van der Waals surface area contributed by atoms with E-state index in [-0.39, 0.29) is 10.8 Å². The molecule has 3 aromatic heterocycles. The third kappa shape index (κ3) is 5.61. The molecule has 0 aliphatic rings. The average Bonchev–Trinajstić information content (AvgIpc) is 3.58. The van der Waals surface area contributed by atoms with Crippen LogP contribution < -0.4 is 4.74 Å². The molecule has 12 heteroatoms. The summed E-state index contributed by atoms with van der Waals surface area (Å²) in [6, 6.07) is 15.3. The first-order chi connectivity index (χ1) is 17.3. The van der Waals surface area contributed by atoms with E-state index < -0.39 is 22.0 Å². The topological polar surface area (TPSA) is 117 Å². The fourth-order valence-electron chi connectivity index (χ4n) is 3.52. The van der Waals surface area contributed by atoms with Crippen molar-refractivity contribution in [2.75, 3.05) is 21.3 Å². The van der Waals surface area contributed by atoms with Gasteiger partial charge in [0, 0.05) is 19.7 Å². The molecule has 36 heavy (non-hydrogen) atoms. The Labute approximate surface area is 213 Å². The fourth-order valence-corrected chi connectivity index (χ4v) is 6.15. The highest BCUT2D eigenvalue weighted by Gasteiger charge is 2.27. The van der Waals surface area contributed by atoms with E-state index in [1.807, 2.05) is 24.3 Å². The lowest BCUT2D eigenvalue weighted by Gasteiger charge is -2.15. The van der Waals surface area contributed by atoms with Crippen molar-refractivity contribution in [3.8, 4) is 16.3 Å². The van der Waals surface area contributed by atoms with Gasteiger partial charge < -0.3 is 9.47 Å². The maximum absolute atomic E-state index is 13.1. The summed E-state index contributed by atoms with van der Waals surface area (Å²) < 4.78 is 39.2. The Kier molecular flexibility index (Phi) is 7.77. The number of thiophene rings is 1. The predicted molar refractivity (Wildman–Crippen MR) is 134 cm³/mol. The smallest absolute Gasteiger partial charge is 0.331 e. The minimum atomic E-state index is -3.77. The van der Waals surface area contributed by atoms with Crippen LogP contribution >= 0.6 is 11.3 Å². The molecule has 0 aliphatic heterocycles. The van der Waals surface area contributed by atoms with Gasteiger partial charge in [-0.05, 0) is 42.0 Å². The second-order valence-electron chi connectivity index (χ2n) is 7.88. The standard InChI is InChI=1S/C24H25N5O5S2/c1-28(36(31,32)23-12-11-22(35-23)20-6-4-5-13-25-20)15-18-16-29(27-26-18)21(24(30)34-3)14-17-7-9-19(33-2)10-8-17/h4-13,16,21H,14-15H2,1-3H3/t21-/m0/s1. The molecule has 0 spiro atoms. The lowest BCUT2D eigenvalue weighted by Crippen LogP contribution is -2.26. The van der Waals surface area contributed by atoms with Crippen LogP contribution in [0.4, 0.5) is 0 Å². The van der Waals surface area contributed by atoms with E-state index in [0.717, 1.165) is 21.8 Å². The lowest BCUT2D eigenvalue weighted by atomic mass is 10.1. The lowest BCUT2D eigenvalue weighted by molar-refractivity contribution is -0.144. The highest BCUT2D eigenvalue weighted by Crippen LogP contribution is 2.31. The number of rotatable bonds is 10. The summed E-state index contributed by atoms with van der Waals surface area (Å²) in [5.74, 6) is 0.224. The number of carbonyl (C=O) groups is 1. The molecule has 0 radical (unpaired) electrons. The van der Waals surface area contributed by atoms with Gasteiger partial charge in [0.2, 0.25) is 0 Å².